The number of carbonyl (C=O) groups excluding carboxylic acids is 2. The maximum absolute atomic E-state index is 12.4. The minimum absolute atomic E-state index is 0. The molecule has 6 atom stereocenters. The highest BCUT2D eigenvalue weighted by molar-refractivity contribution is 7.84. The van der Waals surface area contributed by atoms with Crippen molar-refractivity contribution in [1.82, 2.24) is 14.3 Å². The Hall–Kier alpha value is -2.78. The molecule has 2 aromatic carbocycles. The summed E-state index contributed by atoms with van der Waals surface area (Å²) in [6.07, 6.45) is 2.50. The molecule has 5 rings (SSSR count). The van der Waals surface area contributed by atoms with E-state index in [4.69, 9.17) is 27.2 Å². The number of piperidine rings is 1. The zero-order valence-electron chi connectivity index (χ0n) is 26.2. The maximum Gasteiger partial charge on any atom is 0.414 e. The third-order valence-electron chi connectivity index (χ3n) is 7.49. The number of hydrogen-bond acceptors (Lipinski definition) is 10. The third-order valence-corrected chi connectivity index (χ3v) is 7.49. The Morgan fingerprint density at radius 2 is 1.61 bits per heavy atom. The summed E-state index contributed by atoms with van der Waals surface area (Å²) in [7, 11) is 7.72. The van der Waals surface area contributed by atoms with Crippen LogP contribution < -0.4 is 9.22 Å². The molecule has 44 heavy (non-hydrogen) atoms. The van der Waals surface area contributed by atoms with Gasteiger partial charge in [0.05, 0.1) is 37.9 Å². The van der Waals surface area contributed by atoms with Crippen molar-refractivity contribution in [2.45, 2.75) is 49.2 Å². The van der Waals surface area contributed by atoms with Gasteiger partial charge in [-0.3, -0.25) is 14.2 Å². The molecule has 3 saturated heterocycles. The minimum atomic E-state index is -3.92. The van der Waals surface area contributed by atoms with Crippen LogP contribution in [0.2, 0.25) is 0 Å². The quantitative estimate of drug-likeness (QED) is 0.212. The number of halogens is 1. The first kappa shape index (κ1) is 37.4. The van der Waals surface area contributed by atoms with Gasteiger partial charge in [0.1, 0.15) is 35.7 Å². The lowest BCUT2D eigenvalue weighted by Crippen LogP contribution is -2.48. The SMILES string of the molecule is CN(C)C(=O)Oc1cccc([N+](C)(C)C)c1.CN1[C@@H]2C[C@@H](OC(=O)[C@H](CO)c3ccccc3)C[C@H]1[C@@H]1O[C@@H]12.CS(=O)(=O)[O-].Cl. The fraction of sp³-hybridized carbons (Fsp3) is 0.533. The first-order chi connectivity index (χ1) is 20.0. The van der Waals surface area contributed by atoms with E-state index in [2.05, 4.69) is 33.1 Å². The largest absolute Gasteiger partial charge is 0.748 e. The summed E-state index contributed by atoms with van der Waals surface area (Å²) < 4.78 is 44.5. The molecule has 1 amide bonds. The van der Waals surface area contributed by atoms with Crippen LogP contribution in [0.3, 0.4) is 0 Å². The Labute approximate surface area is 266 Å². The average Bonchev–Trinajstić information content (AvgIpc) is 3.67. The van der Waals surface area contributed by atoms with E-state index in [1.165, 1.54) is 4.90 Å². The zero-order chi connectivity index (χ0) is 32.1. The molecule has 2 bridgehead atoms. The molecule has 0 radical (unpaired) electrons. The molecule has 0 spiro atoms. The van der Waals surface area contributed by atoms with Crippen molar-refractivity contribution in [3.63, 3.8) is 0 Å². The van der Waals surface area contributed by atoms with Gasteiger partial charge in [-0.15, -0.1) is 12.4 Å². The lowest BCUT2D eigenvalue weighted by molar-refractivity contribution is -0.156. The maximum atomic E-state index is 12.4. The van der Waals surface area contributed by atoms with Crippen LogP contribution in [0.5, 0.6) is 5.75 Å². The van der Waals surface area contributed by atoms with Gasteiger partial charge in [0, 0.05) is 51.3 Å². The number of benzene rings is 2. The highest BCUT2D eigenvalue weighted by atomic mass is 35.5. The molecule has 12 nitrogen and oxygen atoms in total. The molecule has 3 aliphatic heterocycles. The molecule has 2 aromatic rings. The predicted octanol–water partition coefficient (Wildman–Crippen LogP) is 2.45. The summed E-state index contributed by atoms with van der Waals surface area (Å²) in [5, 5.41) is 9.56. The molecule has 246 valence electrons. The number of nitrogens with zero attached hydrogens (tertiary/aromatic N) is 3. The number of fused-ring (bicyclic) bond motifs is 5. The molecule has 1 N–H and O–H groups in total. The second kappa shape index (κ2) is 15.5. The van der Waals surface area contributed by atoms with Crippen LogP contribution in [0.25, 0.3) is 0 Å². The standard InChI is InChI=1S/C17H21NO4.C12H19N2O2.CH4O3S.ClH/c1-18-13-7-11(8-14(18)16-15(13)22-16)21-17(20)12(9-19)10-5-3-2-4-6-10;1-13(2)12(15)16-11-8-6-7-10(9-11)14(3,4)5;1-5(2,3)4;/h2-6,11-16,19H,7-9H2,1H3;6-9H,1-5H3;1H3,(H,2,3,4);1H/q;+1;;/p-1/t11-,12-,13-,14+,15-,16+;;;/m1.../s1. The number of esters is 1. The van der Waals surface area contributed by atoms with Crippen LogP contribution in [0.4, 0.5) is 10.5 Å². The summed E-state index contributed by atoms with van der Waals surface area (Å²) in [6.45, 7) is -0.226. The first-order valence-corrected chi connectivity index (χ1v) is 15.8. The van der Waals surface area contributed by atoms with Crippen LogP contribution in [-0.2, 0) is 24.4 Å². The zero-order valence-corrected chi connectivity index (χ0v) is 27.8. The van der Waals surface area contributed by atoms with Crippen molar-refractivity contribution in [2.75, 3.05) is 55.1 Å². The van der Waals surface area contributed by atoms with Crippen LogP contribution in [-0.4, -0.2) is 125 Å². The van der Waals surface area contributed by atoms with E-state index < -0.39 is 16.0 Å². The van der Waals surface area contributed by atoms with Crippen molar-refractivity contribution < 1.29 is 41.9 Å². The van der Waals surface area contributed by atoms with Gasteiger partial charge in [-0.1, -0.05) is 36.4 Å². The number of likely N-dealkylation sites (N-methyl/N-ethyl adjacent to an activating group) is 1. The van der Waals surface area contributed by atoms with Crippen molar-refractivity contribution in [2.24, 2.45) is 0 Å². The van der Waals surface area contributed by atoms with Crippen LogP contribution >= 0.6 is 12.4 Å². The topological polar surface area (TPSA) is 149 Å². The van der Waals surface area contributed by atoms with Gasteiger partial charge >= 0.3 is 12.1 Å². The number of amides is 1. The van der Waals surface area contributed by atoms with E-state index >= 15 is 0 Å². The number of quaternary nitrogens is 1. The minimum Gasteiger partial charge on any atom is -0.748 e. The number of epoxide rings is 1. The van der Waals surface area contributed by atoms with Crippen molar-refractivity contribution in [3.05, 3.63) is 60.2 Å². The Morgan fingerprint density at radius 1 is 1.07 bits per heavy atom. The third kappa shape index (κ3) is 10.7. The van der Waals surface area contributed by atoms with Crippen LogP contribution in [0.15, 0.2) is 54.6 Å². The summed E-state index contributed by atoms with van der Waals surface area (Å²) in [5.41, 5.74) is 1.89. The van der Waals surface area contributed by atoms with Gasteiger partial charge in [-0.25, -0.2) is 13.2 Å². The molecule has 0 unspecified atom stereocenters. The van der Waals surface area contributed by atoms with Crippen molar-refractivity contribution in [3.8, 4) is 5.75 Å². The second-order valence-corrected chi connectivity index (χ2v) is 13.4. The molecule has 3 fully saturated rings. The van der Waals surface area contributed by atoms with Crippen molar-refractivity contribution in [1.29, 1.82) is 0 Å². The van der Waals surface area contributed by atoms with Gasteiger partial charge in [-0.2, -0.15) is 0 Å². The molecule has 0 saturated carbocycles. The number of aliphatic hydroxyl groups excluding tert-OH is 1. The summed E-state index contributed by atoms with van der Waals surface area (Å²) >= 11 is 0. The average molecular weight is 658 g/mol. The molecular formula is C30H44ClN3O9S. The van der Waals surface area contributed by atoms with Gasteiger partial charge in [0.15, 0.2) is 0 Å². The summed E-state index contributed by atoms with van der Waals surface area (Å²) in [6, 6.07) is 17.6. The fourth-order valence-corrected chi connectivity index (χ4v) is 5.20. The molecule has 3 aliphatic rings. The van der Waals surface area contributed by atoms with E-state index in [9.17, 15) is 14.7 Å². The number of hydrogen-bond donors (Lipinski definition) is 1. The van der Waals surface area contributed by atoms with Crippen LogP contribution in [0.1, 0.15) is 24.3 Å². The van der Waals surface area contributed by atoms with Crippen LogP contribution in [0, 0.1) is 0 Å². The molecule has 3 heterocycles. The Morgan fingerprint density at radius 3 is 2.09 bits per heavy atom. The number of rotatable bonds is 6. The van der Waals surface area contributed by atoms with E-state index in [-0.39, 0.29) is 37.2 Å². The fourth-order valence-electron chi connectivity index (χ4n) is 5.20. The number of carbonyl (C=O) groups is 2. The van der Waals surface area contributed by atoms with Crippen molar-refractivity contribution >= 4 is 40.3 Å². The number of morpholine rings is 1. The van der Waals surface area contributed by atoms with Gasteiger partial charge in [0.25, 0.3) is 0 Å². The molecule has 14 heteroatoms. The molecule has 0 aliphatic carbocycles. The first-order valence-electron chi connectivity index (χ1n) is 13.9. The monoisotopic (exact) mass is 657 g/mol. The normalized spacial score (nSPS) is 24.1. The summed E-state index contributed by atoms with van der Waals surface area (Å²) in [5.74, 6) is -0.342. The van der Waals surface area contributed by atoms with Gasteiger partial charge < -0.3 is 28.8 Å². The highest BCUT2D eigenvalue weighted by Crippen LogP contribution is 2.48. The number of aliphatic hydroxyl groups is 1. The Kier molecular flexibility index (Phi) is 13.2. The number of ether oxygens (including phenoxy) is 3. The highest BCUT2D eigenvalue weighted by Gasteiger charge is 2.62. The predicted molar refractivity (Wildman–Crippen MR) is 168 cm³/mol. The second-order valence-electron chi connectivity index (χ2n) is 12.0. The Balaban J connectivity index is 0.000000272. The van der Waals surface area contributed by atoms with Gasteiger partial charge in [0.2, 0.25) is 0 Å². The van der Waals surface area contributed by atoms with Gasteiger partial charge in [-0.05, 0) is 24.7 Å². The summed E-state index contributed by atoms with van der Waals surface area (Å²) in [4.78, 5) is 27.6. The lowest BCUT2D eigenvalue weighted by atomic mass is 9.97. The molecular weight excluding hydrogens is 614 g/mol. The Bertz CT molecular complexity index is 1330. The van der Waals surface area contributed by atoms with E-state index in [0.29, 0.717) is 40.8 Å². The lowest BCUT2D eigenvalue weighted by Gasteiger charge is -2.38. The van der Waals surface area contributed by atoms with E-state index in [0.717, 1.165) is 24.1 Å². The molecule has 0 aromatic heterocycles. The van der Waals surface area contributed by atoms with E-state index in [1.54, 1.807) is 20.2 Å². The smallest absolute Gasteiger partial charge is 0.414 e. The van der Waals surface area contributed by atoms with E-state index in [1.807, 2.05) is 48.5 Å².